The highest BCUT2D eigenvalue weighted by atomic mass is 28.6. The predicted molar refractivity (Wildman–Crippen MR) is 360 cm³/mol. The third kappa shape index (κ3) is 37.2. The Balaban J connectivity index is 6.47. The number of hydrogen-bond donors (Lipinski definition) is 0. The van der Waals surface area contributed by atoms with E-state index in [0.717, 1.165) is 0 Å². The molecule has 22 nitrogen and oxygen atoms in total. The summed E-state index contributed by atoms with van der Waals surface area (Å²) in [6.45, 7) is 63.6. The van der Waals surface area contributed by atoms with Crippen LogP contribution in [-0.2, 0) is 99.6 Å². The molecular formula is C55H108O22Si10. The van der Waals surface area contributed by atoms with Crippen molar-refractivity contribution < 1.29 is 99.6 Å². The summed E-state index contributed by atoms with van der Waals surface area (Å²) in [4.78, 5) is 75.7. The van der Waals surface area contributed by atoms with Crippen molar-refractivity contribution in [3.05, 3.63) is 72.9 Å². The van der Waals surface area contributed by atoms with E-state index in [-0.39, 0.29) is 70.8 Å². The number of carbonyl (C=O) groups is 6. The van der Waals surface area contributed by atoms with Gasteiger partial charge in [0.2, 0.25) is 49.9 Å². The summed E-state index contributed by atoms with van der Waals surface area (Å²) in [5.41, 5.74) is 1.36. The third-order valence-electron chi connectivity index (χ3n) is 11.3. The van der Waals surface area contributed by atoms with Crippen LogP contribution in [0.3, 0.4) is 0 Å². The minimum atomic E-state index is -4.34. The molecule has 0 radical (unpaired) electrons. The molecule has 0 fully saturated rings. The van der Waals surface area contributed by atoms with E-state index in [4.69, 9.17) is 70.8 Å². The lowest BCUT2D eigenvalue weighted by Crippen LogP contribution is -2.68. The summed E-state index contributed by atoms with van der Waals surface area (Å²) >= 11 is 0. The molecule has 0 bridgehead atoms. The van der Waals surface area contributed by atoms with E-state index in [0.29, 0.717) is 57.8 Å². The SMILES string of the molecule is C=C(C)C(=O)OC[Si](C)(C)O[Si](O[Si](C)(C)CCCOCCCOCCC[Si](C)(C)O[Si](O[Si](C)(C)COC(=O)C(=C)C)(O[Si](C)(C)COC(=O)C(=C)C)O[Si](C)(C)COC(=O)C(=C)C)(O[Si](C)(C)COC(=O)C(=C)C)O[Si](C)(C)COC(=O)C(=C)C. The van der Waals surface area contributed by atoms with Gasteiger partial charge in [-0.25, -0.2) is 28.8 Å². The Morgan fingerprint density at radius 1 is 0.253 bits per heavy atom. The molecule has 0 unspecified atom stereocenters. The van der Waals surface area contributed by atoms with Gasteiger partial charge >= 0.3 is 53.9 Å². The van der Waals surface area contributed by atoms with Gasteiger partial charge in [-0.2, -0.15) is 0 Å². The molecule has 0 spiro atoms. The van der Waals surface area contributed by atoms with Crippen molar-refractivity contribution in [1.29, 1.82) is 0 Å². The number of esters is 6. The molecule has 0 aliphatic carbocycles. The molecule has 0 atom stereocenters. The van der Waals surface area contributed by atoms with Crippen LogP contribution >= 0.6 is 0 Å². The van der Waals surface area contributed by atoms with E-state index in [9.17, 15) is 28.8 Å². The lowest BCUT2D eigenvalue weighted by molar-refractivity contribution is -0.138. The summed E-state index contributed by atoms with van der Waals surface area (Å²) in [6.07, 6.45) is 1.41. The Kier molecular flexibility index (Phi) is 35.1. The van der Waals surface area contributed by atoms with Crippen molar-refractivity contribution >= 4 is 120 Å². The van der Waals surface area contributed by atoms with E-state index in [2.05, 4.69) is 39.5 Å². The molecule has 0 rings (SSSR count). The van der Waals surface area contributed by atoms with Gasteiger partial charge in [0.1, 0.15) is 37.4 Å². The molecule has 32 heteroatoms. The maximum Gasteiger partial charge on any atom is 0.637 e. The average molecular weight is 1400 g/mol. The Labute approximate surface area is 531 Å². The molecule has 0 aromatic heterocycles. The molecule has 0 amide bonds. The standard InChI is InChI=1S/C55H108O22Si10/c1-44(2)50(56)64-38-80(17,18)72-86(73-81(19,20)39-65-51(57)45(3)4,74-82(21,22)40-66-52(58)46(5)6)70-78(13,14)36-30-34-62-32-29-33-63-35-31-37-79(15,16)71-87(75-83(23,24)41-67-53(59)47(7)8,76-84(25,26)42-68-54(60)48(9)10)77-85(27,28)43-69-55(61)49(11)12/h1,3,5,7,9,11,29-43H2,2,4,6,8,10,12-28H3. The van der Waals surface area contributed by atoms with Crippen molar-refractivity contribution in [1.82, 2.24) is 0 Å². The van der Waals surface area contributed by atoms with Crippen LogP contribution in [0.5, 0.6) is 0 Å². The Morgan fingerprint density at radius 2 is 0.402 bits per heavy atom. The summed E-state index contributed by atoms with van der Waals surface area (Å²) < 4.78 is 102. The first kappa shape index (κ1) is 84.0. The van der Waals surface area contributed by atoms with Crippen LogP contribution in [0.25, 0.3) is 0 Å². The van der Waals surface area contributed by atoms with Crippen molar-refractivity contribution in [3.8, 4) is 0 Å². The molecule has 0 aliphatic rings. The molecular weight excluding hydrogens is 1290 g/mol. The zero-order valence-electron chi connectivity index (χ0n) is 56.8. The van der Waals surface area contributed by atoms with Crippen LogP contribution in [0.1, 0.15) is 60.8 Å². The molecule has 0 N–H and O–H groups in total. The summed E-state index contributed by atoms with van der Waals surface area (Å²) in [7, 11) is -32.8. The van der Waals surface area contributed by atoms with Gasteiger partial charge in [-0.1, -0.05) is 39.5 Å². The van der Waals surface area contributed by atoms with Crippen LogP contribution < -0.4 is 0 Å². The lowest BCUT2D eigenvalue weighted by Gasteiger charge is -2.45. The molecule has 0 heterocycles. The van der Waals surface area contributed by atoms with Gasteiger partial charge in [0.05, 0.1) is 0 Å². The second-order valence-electron chi connectivity index (χ2n) is 26.8. The minimum Gasteiger partial charge on any atom is -0.463 e. The molecule has 0 saturated heterocycles. The fourth-order valence-electron chi connectivity index (χ4n) is 7.08. The molecule has 0 aromatic carbocycles. The summed E-state index contributed by atoms with van der Waals surface area (Å²) in [6, 6.07) is 1.19. The average Bonchev–Trinajstić information content (AvgIpc) is 3.08. The number of hydrogen-bond acceptors (Lipinski definition) is 22. The zero-order valence-corrected chi connectivity index (χ0v) is 66.8. The smallest absolute Gasteiger partial charge is 0.463 e. The van der Waals surface area contributed by atoms with E-state index >= 15 is 0 Å². The Bertz CT molecular complexity index is 2050. The van der Waals surface area contributed by atoms with Crippen molar-refractivity contribution in [2.24, 2.45) is 0 Å². The van der Waals surface area contributed by atoms with Gasteiger partial charge in [0.15, 0.2) is 16.6 Å². The first-order valence-corrected chi connectivity index (χ1v) is 57.2. The number of ether oxygens (including phenoxy) is 8. The third-order valence-corrected chi connectivity index (χ3v) is 45.2. The highest BCUT2D eigenvalue weighted by Crippen LogP contribution is 2.34. The first-order chi connectivity index (χ1) is 39.3. The van der Waals surface area contributed by atoms with Gasteiger partial charge in [-0.3, -0.25) is 0 Å². The summed E-state index contributed by atoms with van der Waals surface area (Å²) in [5, 5.41) is 0. The normalized spacial score (nSPS) is 13.0. The van der Waals surface area contributed by atoms with E-state index in [1.807, 2.05) is 105 Å². The van der Waals surface area contributed by atoms with Gasteiger partial charge in [-0.05, 0) is 178 Å². The van der Waals surface area contributed by atoms with Crippen molar-refractivity contribution in [2.45, 2.75) is 178 Å². The first-order valence-electron chi connectivity index (χ1n) is 29.1. The largest absolute Gasteiger partial charge is 0.637 e. The van der Waals surface area contributed by atoms with Crippen molar-refractivity contribution in [2.75, 3.05) is 63.8 Å². The monoisotopic (exact) mass is 1400 g/mol. The van der Waals surface area contributed by atoms with Gasteiger partial charge < -0.3 is 70.8 Å². The topological polar surface area (TPSA) is 250 Å². The molecule has 0 aromatic rings. The second kappa shape index (κ2) is 36.3. The number of carbonyl (C=O) groups excluding carboxylic acids is 6. The predicted octanol–water partition coefficient (Wildman–Crippen LogP) is 10.8. The van der Waals surface area contributed by atoms with Crippen LogP contribution in [0.2, 0.25) is 117 Å². The van der Waals surface area contributed by atoms with Crippen LogP contribution in [0.15, 0.2) is 72.9 Å². The Hall–Kier alpha value is -2.97. The van der Waals surface area contributed by atoms with Crippen LogP contribution in [-0.4, -0.2) is 184 Å². The van der Waals surface area contributed by atoms with Gasteiger partial charge in [0.25, 0.3) is 0 Å². The molecule has 87 heavy (non-hydrogen) atoms. The van der Waals surface area contributed by atoms with Gasteiger partial charge in [-0.15, -0.1) is 0 Å². The number of rotatable bonds is 46. The van der Waals surface area contributed by atoms with Gasteiger partial charge in [0, 0.05) is 59.9 Å². The van der Waals surface area contributed by atoms with Crippen LogP contribution in [0.4, 0.5) is 0 Å². The highest BCUT2D eigenvalue weighted by Gasteiger charge is 2.61. The second-order valence-corrected chi connectivity index (χ2v) is 66.2. The van der Waals surface area contributed by atoms with Crippen molar-refractivity contribution in [3.63, 3.8) is 0 Å². The fourth-order valence-corrected chi connectivity index (χ4v) is 42.3. The maximum absolute atomic E-state index is 12.6. The molecule has 0 saturated carbocycles. The van der Waals surface area contributed by atoms with E-state index in [1.54, 1.807) is 41.5 Å². The molecule has 0 aliphatic heterocycles. The van der Waals surface area contributed by atoms with E-state index < -0.39 is 120 Å². The lowest BCUT2D eigenvalue weighted by atomic mass is 10.4. The zero-order chi connectivity index (χ0) is 67.8. The van der Waals surface area contributed by atoms with Crippen LogP contribution in [0, 0.1) is 0 Å². The van der Waals surface area contributed by atoms with E-state index in [1.165, 1.54) is 0 Å². The Morgan fingerprint density at radius 3 is 0.563 bits per heavy atom. The molecule has 500 valence electrons. The maximum atomic E-state index is 12.6. The minimum absolute atomic E-state index is 0.0743. The highest BCUT2D eigenvalue weighted by molar-refractivity contribution is 6.93. The quantitative estimate of drug-likeness (QED) is 0.0181. The fraction of sp³-hybridized carbons (Fsp3) is 0.673. The summed E-state index contributed by atoms with van der Waals surface area (Å²) in [5.74, 6) is -3.45.